The van der Waals surface area contributed by atoms with Crippen LogP contribution in [0.1, 0.15) is 19.8 Å². The molecule has 0 radical (unpaired) electrons. The topological polar surface area (TPSA) is 114 Å². The Morgan fingerprint density at radius 1 is 1.14 bits per heavy atom. The molecule has 0 aromatic heterocycles. The van der Waals surface area contributed by atoms with Crippen molar-refractivity contribution in [2.45, 2.75) is 24.7 Å². The molecular weight excluding hydrogens is 304 g/mol. The molecule has 1 amide bonds. The SMILES string of the molecule is CC(=O)Nc1ccc(S(=O)(=O)N(CCC#N)CCC#N)cc1. The van der Waals surface area contributed by atoms with Gasteiger partial charge in [0.25, 0.3) is 0 Å². The van der Waals surface area contributed by atoms with Crippen molar-refractivity contribution in [2.24, 2.45) is 0 Å². The van der Waals surface area contributed by atoms with Crippen molar-refractivity contribution in [2.75, 3.05) is 18.4 Å². The summed E-state index contributed by atoms with van der Waals surface area (Å²) in [6, 6.07) is 9.52. The van der Waals surface area contributed by atoms with E-state index in [2.05, 4.69) is 5.32 Å². The number of benzene rings is 1. The zero-order chi connectivity index (χ0) is 16.6. The third-order valence-electron chi connectivity index (χ3n) is 2.76. The lowest BCUT2D eigenvalue weighted by atomic mass is 10.3. The van der Waals surface area contributed by atoms with Crippen LogP contribution in [0.3, 0.4) is 0 Å². The van der Waals surface area contributed by atoms with Crippen LogP contribution in [-0.2, 0) is 14.8 Å². The van der Waals surface area contributed by atoms with E-state index in [-0.39, 0.29) is 36.7 Å². The highest BCUT2D eigenvalue weighted by Crippen LogP contribution is 2.19. The van der Waals surface area contributed by atoms with Gasteiger partial charge in [-0.1, -0.05) is 0 Å². The normalized spacial score (nSPS) is 10.7. The summed E-state index contributed by atoms with van der Waals surface area (Å²) in [6.45, 7) is 1.43. The van der Waals surface area contributed by atoms with Gasteiger partial charge < -0.3 is 5.32 Å². The highest BCUT2D eigenvalue weighted by atomic mass is 32.2. The van der Waals surface area contributed by atoms with Crippen molar-refractivity contribution in [3.8, 4) is 12.1 Å². The number of carbonyl (C=O) groups excluding carboxylic acids is 1. The monoisotopic (exact) mass is 320 g/mol. The van der Waals surface area contributed by atoms with Gasteiger partial charge in [-0.3, -0.25) is 4.79 Å². The summed E-state index contributed by atoms with van der Waals surface area (Å²) in [7, 11) is -3.77. The Morgan fingerprint density at radius 3 is 2.05 bits per heavy atom. The average Bonchev–Trinajstić information content (AvgIpc) is 2.47. The molecule has 1 rings (SSSR count). The molecule has 0 saturated heterocycles. The molecule has 0 aliphatic rings. The molecule has 0 spiro atoms. The van der Waals surface area contributed by atoms with Crippen LogP contribution in [0.4, 0.5) is 5.69 Å². The molecule has 0 saturated carbocycles. The summed E-state index contributed by atoms with van der Waals surface area (Å²) in [5.74, 6) is -0.250. The number of nitrogens with one attached hydrogen (secondary N) is 1. The highest BCUT2D eigenvalue weighted by Gasteiger charge is 2.23. The van der Waals surface area contributed by atoms with E-state index in [9.17, 15) is 13.2 Å². The molecule has 0 unspecified atom stereocenters. The second-order valence-corrected chi connectivity index (χ2v) is 6.36. The number of hydrogen-bond donors (Lipinski definition) is 1. The number of amides is 1. The fraction of sp³-hybridized carbons (Fsp3) is 0.357. The molecule has 1 N–H and O–H groups in total. The number of nitriles is 2. The summed E-state index contributed by atoms with van der Waals surface area (Å²) in [5, 5.41) is 19.8. The van der Waals surface area contributed by atoms with Crippen LogP contribution >= 0.6 is 0 Å². The molecule has 1 aromatic carbocycles. The van der Waals surface area contributed by atoms with Crippen LogP contribution in [-0.4, -0.2) is 31.7 Å². The Bertz CT molecular complexity index is 681. The maximum atomic E-state index is 12.5. The van der Waals surface area contributed by atoms with Crippen LogP contribution in [0.2, 0.25) is 0 Å². The number of nitrogens with zero attached hydrogens (tertiary/aromatic N) is 3. The molecule has 22 heavy (non-hydrogen) atoms. The first kappa shape index (κ1) is 17.6. The Labute approximate surface area is 129 Å². The second kappa shape index (κ2) is 8.13. The average molecular weight is 320 g/mol. The van der Waals surface area contributed by atoms with E-state index in [1.807, 2.05) is 12.1 Å². The van der Waals surface area contributed by atoms with Gasteiger partial charge in [-0.25, -0.2) is 8.42 Å². The minimum absolute atomic E-state index is 0.0357. The van der Waals surface area contributed by atoms with Crippen LogP contribution < -0.4 is 5.32 Å². The molecule has 0 aliphatic carbocycles. The van der Waals surface area contributed by atoms with Crippen molar-refractivity contribution in [3.63, 3.8) is 0 Å². The Kier molecular flexibility index (Phi) is 6.51. The van der Waals surface area contributed by atoms with E-state index in [0.29, 0.717) is 5.69 Å². The molecule has 116 valence electrons. The van der Waals surface area contributed by atoms with E-state index in [1.165, 1.54) is 31.2 Å². The third-order valence-corrected chi connectivity index (χ3v) is 4.67. The number of anilines is 1. The Balaban J connectivity index is 3.00. The number of rotatable bonds is 7. The fourth-order valence-corrected chi connectivity index (χ4v) is 3.21. The first-order valence-corrected chi connectivity index (χ1v) is 7.97. The highest BCUT2D eigenvalue weighted by molar-refractivity contribution is 7.89. The van der Waals surface area contributed by atoms with Crippen molar-refractivity contribution in [1.29, 1.82) is 10.5 Å². The van der Waals surface area contributed by atoms with Gasteiger partial charge in [-0.2, -0.15) is 14.8 Å². The lowest BCUT2D eigenvalue weighted by molar-refractivity contribution is -0.114. The van der Waals surface area contributed by atoms with Crippen LogP contribution in [0.5, 0.6) is 0 Å². The van der Waals surface area contributed by atoms with Crippen molar-refractivity contribution < 1.29 is 13.2 Å². The number of carbonyl (C=O) groups is 1. The predicted molar refractivity (Wildman–Crippen MR) is 80.0 cm³/mol. The summed E-state index contributed by atoms with van der Waals surface area (Å²) >= 11 is 0. The predicted octanol–water partition coefficient (Wildman–Crippen LogP) is 1.46. The van der Waals surface area contributed by atoms with E-state index < -0.39 is 10.0 Å². The van der Waals surface area contributed by atoms with Crippen LogP contribution in [0.15, 0.2) is 29.2 Å². The standard InChI is InChI=1S/C14H16N4O3S/c1-12(19)17-13-4-6-14(7-5-13)22(20,21)18(10-2-8-15)11-3-9-16/h4-7H,2-3,10-11H2,1H3,(H,17,19). The van der Waals surface area contributed by atoms with E-state index in [4.69, 9.17) is 10.5 Å². The zero-order valence-electron chi connectivity index (χ0n) is 12.1. The molecule has 0 atom stereocenters. The molecule has 0 fully saturated rings. The van der Waals surface area contributed by atoms with Gasteiger partial charge in [0.05, 0.1) is 17.0 Å². The van der Waals surface area contributed by atoms with Crippen LogP contribution in [0, 0.1) is 22.7 Å². The first-order valence-electron chi connectivity index (χ1n) is 6.53. The lowest BCUT2D eigenvalue weighted by Gasteiger charge is -2.20. The van der Waals surface area contributed by atoms with Gasteiger partial charge >= 0.3 is 0 Å². The molecule has 0 aliphatic heterocycles. The van der Waals surface area contributed by atoms with Crippen molar-refractivity contribution in [3.05, 3.63) is 24.3 Å². The van der Waals surface area contributed by atoms with Gasteiger partial charge in [0.2, 0.25) is 15.9 Å². The molecule has 8 heteroatoms. The molecule has 7 nitrogen and oxygen atoms in total. The van der Waals surface area contributed by atoms with Gasteiger partial charge in [-0.05, 0) is 24.3 Å². The van der Waals surface area contributed by atoms with Gasteiger partial charge in [0.1, 0.15) is 0 Å². The minimum Gasteiger partial charge on any atom is -0.326 e. The maximum absolute atomic E-state index is 12.5. The molecule has 0 heterocycles. The quantitative estimate of drug-likeness (QED) is 0.817. The van der Waals surface area contributed by atoms with Crippen LogP contribution in [0.25, 0.3) is 0 Å². The second-order valence-electron chi connectivity index (χ2n) is 4.43. The summed E-state index contributed by atoms with van der Waals surface area (Å²) in [4.78, 5) is 11.0. The zero-order valence-corrected chi connectivity index (χ0v) is 12.9. The lowest BCUT2D eigenvalue weighted by Crippen LogP contribution is -2.32. The van der Waals surface area contributed by atoms with E-state index in [0.717, 1.165) is 4.31 Å². The van der Waals surface area contributed by atoms with Gasteiger partial charge in [0.15, 0.2) is 0 Å². The number of sulfonamides is 1. The van der Waals surface area contributed by atoms with Gasteiger partial charge in [0, 0.05) is 38.5 Å². The minimum atomic E-state index is -3.77. The Morgan fingerprint density at radius 2 is 1.64 bits per heavy atom. The smallest absolute Gasteiger partial charge is 0.243 e. The maximum Gasteiger partial charge on any atom is 0.243 e. The fourth-order valence-electron chi connectivity index (χ4n) is 1.76. The largest absolute Gasteiger partial charge is 0.326 e. The first-order chi connectivity index (χ1) is 10.4. The van der Waals surface area contributed by atoms with Gasteiger partial charge in [-0.15, -0.1) is 0 Å². The molecule has 1 aromatic rings. The summed E-state index contributed by atoms with van der Waals surface area (Å²) < 4.78 is 26.1. The summed E-state index contributed by atoms with van der Waals surface area (Å²) in [5.41, 5.74) is 0.493. The third kappa shape index (κ3) is 4.85. The van der Waals surface area contributed by atoms with Crippen molar-refractivity contribution in [1.82, 2.24) is 4.31 Å². The molecular formula is C14H16N4O3S. The summed E-state index contributed by atoms with van der Waals surface area (Å²) in [6.07, 6.45) is 0.100. The van der Waals surface area contributed by atoms with E-state index >= 15 is 0 Å². The Hall–Kier alpha value is -2.42. The van der Waals surface area contributed by atoms with Crippen molar-refractivity contribution >= 4 is 21.6 Å². The number of hydrogen-bond acceptors (Lipinski definition) is 5. The molecule has 0 bridgehead atoms. The van der Waals surface area contributed by atoms with E-state index in [1.54, 1.807) is 0 Å².